The first-order valence-electron chi connectivity index (χ1n) is 4.76. The van der Waals surface area contributed by atoms with Gasteiger partial charge in [0.15, 0.2) is 0 Å². The third-order valence-corrected chi connectivity index (χ3v) is 2.06. The van der Waals surface area contributed by atoms with Gasteiger partial charge in [0.05, 0.1) is 5.70 Å². The van der Waals surface area contributed by atoms with Crippen LogP contribution in [-0.4, -0.2) is 11.2 Å². The van der Waals surface area contributed by atoms with Crippen LogP contribution in [0.3, 0.4) is 0 Å². The molecule has 0 saturated carbocycles. The Bertz CT molecular complexity index is 375. The Morgan fingerprint density at radius 2 is 1.93 bits per heavy atom. The van der Waals surface area contributed by atoms with E-state index in [4.69, 9.17) is 0 Å². The van der Waals surface area contributed by atoms with Crippen LogP contribution in [0.5, 0.6) is 0 Å². The summed E-state index contributed by atoms with van der Waals surface area (Å²) in [6, 6.07) is 3.94. The van der Waals surface area contributed by atoms with Crippen molar-refractivity contribution in [1.29, 1.82) is 0 Å². The summed E-state index contributed by atoms with van der Waals surface area (Å²) in [4.78, 5) is 8.40. The van der Waals surface area contributed by atoms with E-state index in [9.17, 15) is 0 Å². The van der Waals surface area contributed by atoms with E-state index in [-0.39, 0.29) is 0 Å². The molecular weight excluding hydrogens is 172 g/mol. The van der Waals surface area contributed by atoms with Crippen molar-refractivity contribution in [3.05, 3.63) is 48.3 Å². The van der Waals surface area contributed by atoms with Crippen LogP contribution in [-0.2, 0) is 0 Å². The van der Waals surface area contributed by atoms with E-state index >= 15 is 0 Å². The molecule has 14 heavy (non-hydrogen) atoms. The average Bonchev–Trinajstić information content (AvgIpc) is 2.18. The Kier molecular flexibility index (Phi) is 2.86. The monoisotopic (exact) mass is 184 g/mol. The molecule has 0 atom stereocenters. The van der Waals surface area contributed by atoms with Crippen molar-refractivity contribution in [1.82, 2.24) is 4.98 Å². The Labute approximate surface area is 83.7 Å². The fourth-order valence-corrected chi connectivity index (χ4v) is 1.33. The Hall–Kier alpha value is -1.70. The van der Waals surface area contributed by atoms with E-state index in [0.717, 1.165) is 24.1 Å². The second kappa shape index (κ2) is 4.51. The van der Waals surface area contributed by atoms with Gasteiger partial charge in [-0.25, -0.2) is 0 Å². The van der Waals surface area contributed by atoms with Gasteiger partial charge >= 0.3 is 0 Å². The third-order valence-electron chi connectivity index (χ3n) is 2.06. The summed E-state index contributed by atoms with van der Waals surface area (Å²) in [7, 11) is 0. The van der Waals surface area contributed by atoms with Gasteiger partial charge in [-0.1, -0.05) is 12.2 Å². The molecule has 1 aromatic heterocycles. The van der Waals surface area contributed by atoms with Gasteiger partial charge in [0, 0.05) is 24.2 Å². The van der Waals surface area contributed by atoms with Crippen LogP contribution >= 0.6 is 0 Å². The van der Waals surface area contributed by atoms with Crippen LogP contribution in [0.2, 0.25) is 0 Å². The van der Waals surface area contributed by atoms with Crippen molar-refractivity contribution in [3.8, 4) is 0 Å². The highest BCUT2D eigenvalue weighted by molar-refractivity contribution is 5.75. The summed E-state index contributed by atoms with van der Waals surface area (Å²) in [6.45, 7) is 0. The maximum atomic E-state index is 4.41. The standard InChI is InChI=1S/C12H12N2/c1-2-4-8-14-12(5-3-1)11-6-9-13-10-7-11/h1,3,5-10H,2,4H2. The number of allylic oxidation sites excluding steroid dienone is 3. The zero-order valence-corrected chi connectivity index (χ0v) is 7.93. The third kappa shape index (κ3) is 2.16. The van der Waals surface area contributed by atoms with Gasteiger partial charge < -0.3 is 0 Å². The maximum Gasteiger partial charge on any atom is 0.0699 e. The molecule has 0 aliphatic carbocycles. The molecule has 1 aliphatic rings. The number of rotatable bonds is 1. The molecule has 2 rings (SSSR count). The predicted octanol–water partition coefficient (Wildman–Crippen LogP) is 2.84. The lowest BCUT2D eigenvalue weighted by Crippen LogP contribution is -1.85. The number of pyridine rings is 1. The molecular formula is C12H12N2. The average molecular weight is 184 g/mol. The van der Waals surface area contributed by atoms with Gasteiger partial charge in [0.25, 0.3) is 0 Å². The summed E-state index contributed by atoms with van der Waals surface area (Å²) in [5, 5.41) is 0. The number of nitrogens with zero attached hydrogens (tertiary/aromatic N) is 2. The number of aromatic nitrogens is 1. The molecule has 0 fully saturated rings. The minimum absolute atomic E-state index is 1.00. The van der Waals surface area contributed by atoms with Crippen molar-refractivity contribution in [3.63, 3.8) is 0 Å². The second-order valence-corrected chi connectivity index (χ2v) is 3.10. The second-order valence-electron chi connectivity index (χ2n) is 3.10. The van der Waals surface area contributed by atoms with Crippen molar-refractivity contribution in [2.75, 3.05) is 0 Å². The Morgan fingerprint density at radius 1 is 1.07 bits per heavy atom. The highest BCUT2D eigenvalue weighted by atomic mass is 14.7. The van der Waals surface area contributed by atoms with Crippen LogP contribution in [0.4, 0.5) is 0 Å². The van der Waals surface area contributed by atoms with E-state index in [1.54, 1.807) is 12.4 Å². The lowest BCUT2D eigenvalue weighted by atomic mass is 10.1. The quantitative estimate of drug-likeness (QED) is 0.658. The number of hydrogen-bond acceptors (Lipinski definition) is 2. The van der Waals surface area contributed by atoms with Gasteiger partial charge in [0.1, 0.15) is 0 Å². The molecule has 1 aliphatic heterocycles. The van der Waals surface area contributed by atoms with Gasteiger partial charge in [-0.2, -0.15) is 0 Å². The van der Waals surface area contributed by atoms with E-state index in [0.29, 0.717) is 0 Å². The normalized spacial score (nSPS) is 15.9. The lowest BCUT2D eigenvalue weighted by Gasteiger charge is -2.01. The van der Waals surface area contributed by atoms with Gasteiger partial charge in [-0.05, 0) is 31.1 Å². The van der Waals surface area contributed by atoms with Crippen LogP contribution in [0.1, 0.15) is 18.4 Å². The molecule has 0 unspecified atom stereocenters. The van der Waals surface area contributed by atoms with Gasteiger partial charge in [-0.3, -0.25) is 9.98 Å². The predicted molar refractivity (Wildman–Crippen MR) is 59.1 cm³/mol. The topological polar surface area (TPSA) is 25.2 Å². The SMILES string of the molecule is C1=CCCC=NC(c2ccncc2)=C1. The van der Waals surface area contributed by atoms with E-state index in [1.807, 2.05) is 24.4 Å². The van der Waals surface area contributed by atoms with Crippen molar-refractivity contribution in [2.45, 2.75) is 12.8 Å². The van der Waals surface area contributed by atoms with Crippen LogP contribution in [0.15, 0.2) is 47.7 Å². The lowest BCUT2D eigenvalue weighted by molar-refractivity contribution is 1.11. The molecule has 0 saturated heterocycles. The molecule has 0 radical (unpaired) electrons. The summed E-state index contributed by atoms with van der Waals surface area (Å²) in [5.74, 6) is 0. The molecule has 2 heteroatoms. The summed E-state index contributed by atoms with van der Waals surface area (Å²) < 4.78 is 0. The highest BCUT2D eigenvalue weighted by Crippen LogP contribution is 2.15. The Balaban J connectivity index is 2.32. The summed E-state index contributed by atoms with van der Waals surface area (Å²) in [5.41, 5.74) is 2.12. The van der Waals surface area contributed by atoms with Crippen molar-refractivity contribution >= 4 is 11.9 Å². The van der Waals surface area contributed by atoms with E-state index in [1.165, 1.54) is 0 Å². The van der Waals surface area contributed by atoms with Crippen LogP contribution < -0.4 is 0 Å². The smallest absolute Gasteiger partial charge is 0.0699 e. The zero-order chi connectivity index (χ0) is 9.64. The largest absolute Gasteiger partial charge is 0.265 e. The molecule has 1 aromatic rings. The van der Waals surface area contributed by atoms with Crippen LogP contribution in [0, 0.1) is 0 Å². The molecule has 70 valence electrons. The van der Waals surface area contributed by atoms with Gasteiger partial charge in [-0.15, -0.1) is 0 Å². The molecule has 0 amide bonds. The Morgan fingerprint density at radius 3 is 2.79 bits per heavy atom. The molecule has 0 bridgehead atoms. The van der Waals surface area contributed by atoms with E-state index in [2.05, 4.69) is 22.1 Å². The minimum atomic E-state index is 1.00. The van der Waals surface area contributed by atoms with Crippen molar-refractivity contribution in [2.24, 2.45) is 4.99 Å². The fourth-order valence-electron chi connectivity index (χ4n) is 1.33. The van der Waals surface area contributed by atoms with Gasteiger partial charge in [0.2, 0.25) is 0 Å². The minimum Gasteiger partial charge on any atom is -0.265 e. The molecule has 0 aromatic carbocycles. The first kappa shape index (κ1) is 8.88. The number of aliphatic imine (C=N–C) groups is 1. The first-order chi connectivity index (χ1) is 6.97. The molecule has 2 heterocycles. The zero-order valence-electron chi connectivity index (χ0n) is 7.93. The summed E-state index contributed by atoms with van der Waals surface area (Å²) in [6.07, 6.45) is 13.9. The fraction of sp³-hybridized carbons (Fsp3) is 0.167. The van der Waals surface area contributed by atoms with E-state index < -0.39 is 0 Å². The van der Waals surface area contributed by atoms with Crippen LogP contribution in [0.25, 0.3) is 5.70 Å². The summed E-state index contributed by atoms with van der Waals surface area (Å²) >= 11 is 0. The van der Waals surface area contributed by atoms with Crippen molar-refractivity contribution < 1.29 is 0 Å². The molecule has 0 spiro atoms. The number of hydrogen-bond donors (Lipinski definition) is 0. The first-order valence-corrected chi connectivity index (χ1v) is 4.76. The molecule has 0 N–H and O–H groups in total. The highest BCUT2D eigenvalue weighted by Gasteiger charge is 1.97. The maximum absolute atomic E-state index is 4.41. The molecule has 2 nitrogen and oxygen atoms in total.